The van der Waals surface area contributed by atoms with Crippen LogP contribution in [0.25, 0.3) is 0 Å². The summed E-state index contributed by atoms with van der Waals surface area (Å²) in [5.41, 5.74) is 1.62. The maximum absolute atomic E-state index is 13.6. The Morgan fingerprint density at radius 2 is 1.95 bits per heavy atom. The lowest BCUT2D eigenvalue weighted by molar-refractivity contribution is -0.0560. The number of hydrogen-bond acceptors (Lipinski definition) is 2. The zero-order chi connectivity index (χ0) is 15.6. The SMILES string of the molecule is O=C(c1ccccc1C1CCNCC1)N1CCCC(F)(F)C1. The fourth-order valence-corrected chi connectivity index (χ4v) is 3.49. The average Bonchev–Trinajstić information content (AvgIpc) is 2.54. The van der Waals surface area contributed by atoms with Crippen LogP contribution in [0.2, 0.25) is 0 Å². The van der Waals surface area contributed by atoms with Crippen molar-refractivity contribution in [2.75, 3.05) is 26.2 Å². The molecule has 120 valence electrons. The second-order valence-corrected chi connectivity index (χ2v) is 6.30. The van der Waals surface area contributed by atoms with Crippen LogP contribution in [0.1, 0.15) is 47.5 Å². The predicted molar refractivity (Wildman–Crippen MR) is 81.4 cm³/mol. The molecule has 0 spiro atoms. The molecule has 22 heavy (non-hydrogen) atoms. The fourth-order valence-electron chi connectivity index (χ4n) is 3.49. The summed E-state index contributed by atoms with van der Waals surface area (Å²) in [6.45, 7) is 1.85. The molecule has 0 aliphatic carbocycles. The summed E-state index contributed by atoms with van der Waals surface area (Å²) in [4.78, 5) is 14.1. The number of rotatable bonds is 2. The zero-order valence-corrected chi connectivity index (χ0v) is 12.7. The summed E-state index contributed by atoms with van der Waals surface area (Å²) in [6.07, 6.45) is 2.22. The Morgan fingerprint density at radius 1 is 1.23 bits per heavy atom. The molecule has 2 aliphatic heterocycles. The Labute approximate surface area is 129 Å². The van der Waals surface area contributed by atoms with Crippen LogP contribution >= 0.6 is 0 Å². The van der Waals surface area contributed by atoms with Crippen molar-refractivity contribution in [1.29, 1.82) is 0 Å². The van der Waals surface area contributed by atoms with Gasteiger partial charge in [0.15, 0.2) is 0 Å². The van der Waals surface area contributed by atoms with Crippen molar-refractivity contribution in [1.82, 2.24) is 10.2 Å². The van der Waals surface area contributed by atoms with Crippen molar-refractivity contribution in [3.05, 3.63) is 35.4 Å². The van der Waals surface area contributed by atoms with Crippen LogP contribution in [0.5, 0.6) is 0 Å². The molecule has 0 atom stereocenters. The Hall–Kier alpha value is -1.49. The van der Waals surface area contributed by atoms with E-state index in [0.29, 0.717) is 24.4 Å². The lowest BCUT2D eigenvalue weighted by atomic mass is 9.86. The molecule has 0 aromatic heterocycles. The summed E-state index contributed by atoms with van der Waals surface area (Å²) >= 11 is 0. The first kappa shape index (κ1) is 15.4. The first-order valence-electron chi connectivity index (χ1n) is 8.03. The fraction of sp³-hybridized carbons (Fsp3) is 0.588. The van der Waals surface area contributed by atoms with E-state index in [1.165, 1.54) is 4.90 Å². The van der Waals surface area contributed by atoms with Gasteiger partial charge in [0.1, 0.15) is 0 Å². The summed E-state index contributed by atoms with van der Waals surface area (Å²) in [6, 6.07) is 7.51. The van der Waals surface area contributed by atoms with Gasteiger partial charge in [-0.2, -0.15) is 0 Å². The van der Waals surface area contributed by atoms with Crippen LogP contribution in [0.15, 0.2) is 24.3 Å². The van der Waals surface area contributed by atoms with Gasteiger partial charge in [-0.15, -0.1) is 0 Å². The molecular weight excluding hydrogens is 286 g/mol. The maximum atomic E-state index is 13.6. The van der Waals surface area contributed by atoms with Gasteiger partial charge in [0.05, 0.1) is 6.54 Å². The van der Waals surface area contributed by atoms with Crippen molar-refractivity contribution in [2.45, 2.75) is 37.5 Å². The van der Waals surface area contributed by atoms with Gasteiger partial charge >= 0.3 is 0 Å². The number of piperidine rings is 2. The van der Waals surface area contributed by atoms with Crippen LogP contribution < -0.4 is 5.32 Å². The van der Waals surface area contributed by atoms with E-state index in [1.807, 2.05) is 18.2 Å². The van der Waals surface area contributed by atoms with Crippen LogP contribution in [-0.2, 0) is 0 Å². The number of amides is 1. The summed E-state index contributed by atoms with van der Waals surface area (Å²) in [5, 5.41) is 3.31. The Bertz CT molecular complexity index is 541. The number of carbonyl (C=O) groups is 1. The summed E-state index contributed by atoms with van der Waals surface area (Å²) < 4.78 is 27.2. The third-order valence-electron chi connectivity index (χ3n) is 4.65. The van der Waals surface area contributed by atoms with Gasteiger partial charge in [-0.05, 0) is 49.9 Å². The molecule has 1 aromatic rings. The molecule has 2 fully saturated rings. The molecule has 1 amide bonds. The van der Waals surface area contributed by atoms with E-state index < -0.39 is 12.5 Å². The van der Waals surface area contributed by atoms with Crippen molar-refractivity contribution < 1.29 is 13.6 Å². The Balaban J connectivity index is 1.83. The maximum Gasteiger partial charge on any atom is 0.265 e. The highest BCUT2D eigenvalue weighted by molar-refractivity contribution is 5.96. The smallest absolute Gasteiger partial charge is 0.265 e. The molecule has 2 aliphatic rings. The number of carbonyl (C=O) groups excluding carboxylic acids is 1. The molecule has 0 unspecified atom stereocenters. The molecule has 3 nitrogen and oxygen atoms in total. The predicted octanol–water partition coefficient (Wildman–Crippen LogP) is 3.02. The van der Waals surface area contributed by atoms with E-state index in [4.69, 9.17) is 0 Å². The van der Waals surface area contributed by atoms with Gasteiger partial charge in [0.25, 0.3) is 11.8 Å². The highest BCUT2D eigenvalue weighted by atomic mass is 19.3. The van der Waals surface area contributed by atoms with Gasteiger partial charge in [0, 0.05) is 18.5 Å². The van der Waals surface area contributed by atoms with E-state index in [9.17, 15) is 13.6 Å². The number of hydrogen-bond donors (Lipinski definition) is 1. The lowest BCUT2D eigenvalue weighted by Gasteiger charge is -2.33. The molecule has 0 saturated carbocycles. The van der Waals surface area contributed by atoms with Gasteiger partial charge in [0.2, 0.25) is 0 Å². The minimum atomic E-state index is -2.75. The molecule has 2 heterocycles. The molecule has 3 rings (SSSR count). The Morgan fingerprint density at radius 3 is 2.68 bits per heavy atom. The minimum absolute atomic E-state index is 0.118. The number of alkyl halides is 2. The lowest BCUT2D eigenvalue weighted by Crippen LogP contribution is -2.46. The molecular formula is C17H22F2N2O. The molecule has 2 saturated heterocycles. The summed E-state index contributed by atoms with van der Waals surface area (Å²) in [7, 11) is 0. The van der Waals surface area contributed by atoms with Crippen molar-refractivity contribution in [3.63, 3.8) is 0 Å². The second kappa shape index (κ2) is 6.32. The van der Waals surface area contributed by atoms with Gasteiger partial charge in [-0.25, -0.2) is 8.78 Å². The zero-order valence-electron chi connectivity index (χ0n) is 12.7. The topological polar surface area (TPSA) is 32.3 Å². The van der Waals surface area contributed by atoms with Crippen LogP contribution in [0.3, 0.4) is 0 Å². The normalized spacial score (nSPS) is 22.5. The van der Waals surface area contributed by atoms with E-state index in [1.54, 1.807) is 6.07 Å². The number of nitrogens with zero attached hydrogens (tertiary/aromatic N) is 1. The van der Waals surface area contributed by atoms with Crippen LogP contribution in [0, 0.1) is 0 Å². The van der Waals surface area contributed by atoms with Crippen molar-refractivity contribution in [3.8, 4) is 0 Å². The van der Waals surface area contributed by atoms with Crippen LogP contribution in [-0.4, -0.2) is 42.9 Å². The van der Waals surface area contributed by atoms with Crippen molar-refractivity contribution >= 4 is 5.91 Å². The number of benzene rings is 1. The highest BCUT2D eigenvalue weighted by Gasteiger charge is 2.38. The monoisotopic (exact) mass is 308 g/mol. The van der Waals surface area contributed by atoms with E-state index in [2.05, 4.69) is 5.32 Å². The molecule has 0 radical (unpaired) electrons. The molecule has 1 aromatic carbocycles. The minimum Gasteiger partial charge on any atom is -0.333 e. The van der Waals surface area contributed by atoms with Gasteiger partial charge in [-0.3, -0.25) is 4.79 Å². The average molecular weight is 308 g/mol. The van der Waals surface area contributed by atoms with Crippen molar-refractivity contribution in [2.24, 2.45) is 0 Å². The van der Waals surface area contributed by atoms with Gasteiger partial charge in [-0.1, -0.05) is 18.2 Å². The molecule has 5 heteroatoms. The second-order valence-electron chi connectivity index (χ2n) is 6.30. The first-order chi connectivity index (χ1) is 10.6. The third-order valence-corrected chi connectivity index (χ3v) is 4.65. The highest BCUT2D eigenvalue weighted by Crippen LogP contribution is 2.31. The third kappa shape index (κ3) is 3.29. The molecule has 1 N–H and O–H groups in total. The largest absolute Gasteiger partial charge is 0.333 e. The van der Waals surface area contributed by atoms with Gasteiger partial charge < -0.3 is 10.2 Å². The first-order valence-corrected chi connectivity index (χ1v) is 8.03. The quantitative estimate of drug-likeness (QED) is 0.911. The standard InChI is InChI=1S/C17H22F2N2O/c18-17(19)8-3-11-21(12-17)16(22)15-5-2-1-4-14(15)13-6-9-20-10-7-13/h1-2,4-5,13,20H,3,6-12H2. The van der Waals surface area contributed by atoms with E-state index in [0.717, 1.165) is 31.5 Å². The number of halogens is 2. The number of nitrogens with one attached hydrogen (secondary N) is 1. The van der Waals surface area contributed by atoms with Crippen LogP contribution in [0.4, 0.5) is 8.78 Å². The van der Waals surface area contributed by atoms with E-state index in [-0.39, 0.29) is 12.3 Å². The summed E-state index contributed by atoms with van der Waals surface area (Å²) in [5.74, 6) is -2.65. The molecule has 0 bridgehead atoms. The van der Waals surface area contributed by atoms with E-state index >= 15 is 0 Å². The number of likely N-dealkylation sites (tertiary alicyclic amines) is 1. The Kier molecular flexibility index (Phi) is 4.43.